The summed E-state index contributed by atoms with van der Waals surface area (Å²) in [5.41, 5.74) is 2.12. The van der Waals surface area contributed by atoms with Crippen LogP contribution in [-0.2, 0) is 0 Å². The normalized spacial score (nSPS) is 9.47. The zero-order valence-corrected chi connectivity index (χ0v) is 9.39. The summed E-state index contributed by atoms with van der Waals surface area (Å²) in [6, 6.07) is 3.50. The van der Waals surface area contributed by atoms with Crippen molar-refractivity contribution in [3.8, 4) is 18.1 Å². The first kappa shape index (κ1) is 11.6. The minimum atomic E-state index is -0.450. The summed E-state index contributed by atoms with van der Waals surface area (Å²) in [6.45, 7) is 3.84. The van der Waals surface area contributed by atoms with Gasteiger partial charge in [-0.05, 0) is 48.7 Å². The molecule has 0 heterocycles. The number of rotatable bonds is 3. The molecule has 0 bridgehead atoms. The highest BCUT2D eigenvalue weighted by atomic mass is 35.5. The summed E-state index contributed by atoms with van der Waals surface area (Å²) >= 11 is 5.46. The third-order valence-corrected chi connectivity index (χ3v) is 2.21. The van der Waals surface area contributed by atoms with Crippen LogP contribution >= 0.6 is 11.6 Å². The Bertz CT molecular complexity index is 407. The Kier molecular flexibility index (Phi) is 3.76. The van der Waals surface area contributed by atoms with Crippen molar-refractivity contribution in [2.75, 3.05) is 6.61 Å². The summed E-state index contributed by atoms with van der Waals surface area (Å²) in [4.78, 5) is 11.1. The van der Waals surface area contributed by atoms with Crippen molar-refractivity contribution >= 4 is 16.8 Å². The van der Waals surface area contributed by atoms with Crippen LogP contribution in [0.25, 0.3) is 0 Å². The lowest BCUT2D eigenvalue weighted by Crippen LogP contribution is -2.00. The molecule has 0 amide bonds. The maximum absolute atomic E-state index is 11.1. The van der Waals surface area contributed by atoms with Crippen LogP contribution in [0.15, 0.2) is 12.1 Å². The van der Waals surface area contributed by atoms with Gasteiger partial charge in [-0.25, -0.2) is 0 Å². The van der Waals surface area contributed by atoms with Gasteiger partial charge in [0.15, 0.2) is 0 Å². The van der Waals surface area contributed by atoms with Crippen molar-refractivity contribution < 1.29 is 9.53 Å². The molecule has 1 aromatic rings. The van der Waals surface area contributed by atoms with Crippen molar-refractivity contribution in [3.05, 3.63) is 28.8 Å². The smallest absolute Gasteiger partial charge is 0.252 e. The van der Waals surface area contributed by atoms with E-state index in [2.05, 4.69) is 5.92 Å². The fourth-order valence-electron chi connectivity index (χ4n) is 1.44. The van der Waals surface area contributed by atoms with Gasteiger partial charge < -0.3 is 4.74 Å². The second-order valence-electron chi connectivity index (χ2n) is 3.20. The molecule has 3 heteroatoms. The first-order valence-corrected chi connectivity index (χ1v) is 4.81. The van der Waals surface area contributed by atoms with E-state index in [4.69, 9.17) is 22.8 Å². The molecule has 0 fully saturated rings. The monoisotopic (exact) mass is 222 g/mol. The van der Waals surface area contributed by atoms with Crippen LogP contribution in [0.3, 0.4) is 0 Å². The number of benzene rings is 1. The molecule has 15 heavy (non-hydrogen) atoms. The lowest BCUT2D eigenvalue weighted by molar-refractivity contribution is 0.108. The Balaban J connectivity index is 3.09. The van der Waals surface area contributed by atoms with E-state index in [0.717, 1.165) is 11.1 Å². The van der Waals surface area contributed by atoms with Crippen molar-refractivity contribution in [2.24, 2.45) is 0 Å². The van der Waals surface area contributed by atoms with Crippen molar-refractivity contribution in [1.29, 1.82) is 0 Å². The molecule has 2 nitrogen and oxygen atoms in total. The molecule has 1 aromatic carbocycles. The number of aryl methyl sites for hydroxylation is 2. The van der Waals surface area contributed by atoms with Crippen LogP contribution in [0.2, 0.25) is 0 Å². The highest BCUT2D eigenvalue weighted by Crippen LogP contribution is 2.23. The van der Waals surface area contributed by atoms with Gasteiger partial charge in [-0.3, -0.25) is 4.79 Å². The Morgan fingerprint density at radius 2 is 2.00 bits per heavy atom. The zero-order valence-electron chi connectivity index (χ0n) is 8.63. The van der Waals surface area contributed by atoms with Crippen LogP contribution in [0.4, 0.5) is 0 Å². The van der Waals surface area contributed by atoms with Gasteiger partial charge in [-0.2, -0.15) is 0 Å². The van der Waals surface area contributed by atoms with E-state index >= 15 is 0 Å². The number of terminal acetylenes is 1. The molecule has 0 saturated heterocycles. The lowest BCUT2D eigenvalue weighted by Gasteiger charge is -2.09. The van der Waals surface area contributed by atoms with Crippen LogP contribution in [-0.4, -0.2) is 11.8 Å². The van der Waals surface area contributed by atoms with E-state index in [1.54, 1.807) is 12.1 Å². The standard InChI is InChI=1S/C12H11ClO2/c1-4-5-15-10-6-8(2)11(12(13)14)9(3)7-10/h1,6-7H,5H2,2-3H3. The lowest BCUT2D eigenvalue weighted by atomic mass is 10.0. The number of halogens is 1. The summed E-state index contributed by atoms with van der Waals surface area (Å²) in [7, 11) is 0. The fraction of sp³-hybridized carbons (Fsp3) is 0.250. The van der Waals surface area contributed by atoms with Gasteiger partial charge in [0.2, 0.25) is 0 Å². The maximum atomic E-state index is 11.1. The molecule has 0 aliphatic heterocycles. The van der Waals surface area contributed by atoms with E-state index in [1.807, 2.05) is 13.8 Å². The predicted molar refractivity (Wildman–Crippen MR) is 60.4 cm³/mol. The van der Waals surface area contributed by atoms with Crippen LogP contribution < -0.4 is 4.74 Å². The summed E-state index contributed by atoms with van der Waals surface area (Å²) in [6.07, 6.45) is 5.08. The average Bonchev–Trinajstić information content (AvgIpc) is 2.12. The fourth-order valence-corrected chi connectivity index (χ4v) is 1.74. The molecule has 0 atom stereocenters. The first-order valence-electron chi connectivity index (χ1n) is 4.43. The van der Waals surface area contributed by atoms with Gasteiger partial charge in [0, 0.05) is 5.56 Å². The number of carbonyl (C=O) groups is 1. The van der Waals surface area contributed by atoms with E-state index < -0.39 is 5.24 Å². The molecule has 0 unspecified atom stereocenters. The van der Waals surface area contributed by atoms with Gasteiger partial charge in [-0.15, -0.1) is 6.42 Å². The molecule has 1 rings (SSSR count). The van der Waals surface area contributed by atoms with Gasteiger partial charge in [0.05, 0.1) is 0 Å². The third kappa shape index (κ3) is 2.74. The maximum Gasteiger partial charge on any atom is 0.252 e. The number of hydrogen-bond acceptors (Lipinski definition) is 2. The average molecular weight is 223 g/mol. The van der Waals surface area contributed by atoms with E-state index in [9.17, 15) is 4.79 Å². The molecule has 0 radical (unpaired) electrons. The number of ether oxygens (including phenoxy) is 1. The van der Waals surface area contributed by atoms with Crippen LogP contribution in [0, 0.1) is 26.2 Å². The molecule has 78 valence electrons. The zero-order chi connectivity index (χ0) is 11.4. The molecule has 0 aromatic heterocycles. The third-order valence-electron chi connectivity index (χ3n) is 2.02. The molecular formula is C12H11ClO2. The minimum Gasteiger partial charge on any atom is -0.481 e. The van der Waals surface area contributed by atoms with E-state index in [0.29, 0.717) is 11.3 Å². The molecule has 0 aliphatic rings. The summed E-state index contributed by atoms with van der Waals surface area (Å²) < 4.78 is 5.26. The Labute approximate surface area is 94.2 Å². The van der Waals surface area contributed by atoms with Crippen molar-refractivity contribution in [3.63, 3.8) is 0 Å². The Morgan fingerprint density at radius 1 is 1.47 bits per heavy atom. The summed E-state index contributed by atoms with van der Waals surface area (Å²) in [5, 5.41) is -0.450. The number of hydrogen-bond donors (Lipinski definition) is 0. The molecule has 0 N–H and O–H groups in total. The van der Waals surface area contributed by atoms with E-state index in [1.165, 1.54) is 0 Å². The molecular weight excluding hydrogens is 212 g/mol. The molecule has 0 saturated carbocycles. The Morgan fingerprint density at radius 3 is 2.40 bits per heavy atom. The van der Waals surface area contributed by atoms with E-state index in [-0.39, 0.29) is 6.61 Å². The highest BCUT2D eigenvalue weighted by molar-refractivity contribution is 6.68. The SMILES string of the molecule is C#CCOc1cc(C)c(C(=O)Cl)c(C)c1. The van der Waals surface area contributed by atoms with Crippen LogP contribution in [0.5, 0.6) is 5.75 Å². The summed E-state index contributed by atoms with van der Waals surface area (Å²) in [5.74, 6) is 3.03. The van der Waals surface area contributed by atoms with Crippen molar-refractivity contribution in [2.45, 2.75) is 13.8 Å². The topological polar surface area (TPSA) is 26.3 Å². The largest absolute Gasteiger partial charge is 0.481 e. The Hall–Kier alpha value is -1.46. The van der Waals surface area contributed by atoms with Gasteiger partial charge in [0.25, 0.3) is 5.24 Å². The van der Waals surface area contributed by atoms with Crippen molar-refractivity contribution in [1.82, 2.24) is 0 Å². The molecule has 0 spiro atoms. The molecule has 0 aliphatic carbocycles. The van der Waals surface area contributed by atoms with Gasteiger partial charge >= 0.3 is 0 Å². The van der Waals surface area contributed by atoms with Crippen LogP contribution in [0.1, 0.15) is 21.5 Å². The second kappa shape index (κ2) is 4.86. The van der Waals surface area contributed by atoms with Gasteiger partial charge in [-0.1, -0.05) is 5.92 Å². The highest BCUT2D eigenvalue weighted by Gasteiger charge is 2.11. The quantitative estimate of drug-likeness (QED) is 0.581. The van der Waals surface area contributed by atoms with Gasteiger partial charge in [0.1, 0.15) is 12.4 Å². The second-order valence-corrected chi connectivity index (χ2v) is 3.54. The number of carbonyl (C=O) groups excluding carboxylic acids is 1. The predicted octanol–water partition coefficient (Wildman–Crippen LogP) is 2.69. The minimum absolute atomic E-state index is 0.215. The first-order chi connectivity index (χ1) is 7.06.